The van der Waals surface area contributed by atoms with E-state index in [4.69, 9.17) is 14.0 Å². The van der Waals surface area contributed by atoms with Crippen molar-refractivity contribution in [3.8, 4) is 11.5 Å². The van der Waals surface area contributed by atoms with Gasteiger partial charge < -0.3 is 14.0 Å². The Morgan fingerprint density at radius 1 is 1.12 bits per heavy atom. The Hall–Kier alpha value is -2.06. The van der Waals surface area contributed by atoms with Crippen molar-refractivity contribution >= 4 is 10.0 Å². The summed E-state index contributed by atoms with van der Waals surface area (Å²) in [5.41, 5.74) is 2.33. The quantitative estimate of drug-likeness (QED) is 0.819. The number of sulfonamides is 1. The molecule has 0 amide bonds. The smallest absolute Gasteiger partial charge is 0.245 e. The maximum Gasteiger partial charge on any atom is 0.245 e. The summed E-state index contributed by atoms with van der Waals surface area (Å²) in [7, 11) is -0.507. The van der Waals surface area contributed by atoms with Crippen LogP contribution in [0.15, 0.2) is 21.6 Å². The minimum atomic E-state index is -3.65. The van der Waals surface area contributed by atoms with E-state index in [9.17, 15) is 8.42 Å². The molecule has 0 spiro atoms. The van der Waals surface area contributed by atoms with Gasteiger partial charge in [0, 0.05) is 6.54 Å². The summed E-state index contributed by atoms with van der Waals surface area (Å²) in [4.78, 5) is 0.103. The summed E-state index contributed by atoms with van der Waals surface area (Å²) in [6.45, 7) is 5.37. The molecular weight excluding hydrogens is 332 g/mol. The van der Waals surface area contributed by atoms with Gasteiger partial charge in [-0.3, -0.25) is 0 Å². The molecule has 0 atom stereocenters. The number of hydrogen-bond acceptors (Lipinski definition) is 6. The molecule has 1 N–H and O–H groups in total. The Kier molecular flexibility index (Phi) is 5.51. The number of nitrogens with one attached hydrogen (secondary N) is 1. The number of ether oxygens (including phenoxy) is 2. The van der Waals surface area contributed by atoms with Crippen LogP contribution in [0.1, 0.15) is 22.6 Å². The average Bonchev–Trinajstić information content (AvgIpc) is 2.87. The van der Waals surface area contributed by atoms with Gasteiger partial charge in [0.25, 0.3) is 0 Å². The molecule has 1 heterocycles. The minimum Gasteiger partial charge on any atom is -0.493 e. The van der Waals surface area contributed by atoms with Crippen LogP contribution in [-0.2, 0) is 16.4 Å². The number of aromatic nitrogens is 1. The molecular formula is C16H22N2O5S. The molecule has 0 aliphatic carbocycles. The number of nitrogens with zero attached hydrogens (tertiary/aromatic N) is 1. The first-order valence-corrected chi connectivity index (χ1v) is 8.92. The van der Waals surface area contributed by atoms with E-state index in [1.165, 1.54) is 0 Å². The van der Waals surface area contributed by atoms with Gasteiger partial charge in [-0.15, -0.1) is 0 Å². The third kappa shape index (κ3) is 3.70. The SMILES string of the molecule is COc1cc(C)c(CCNS(=O)(=O)c2c(C)noc2C)cc1OC. The van der Waals surface area contributed by atoms with Crippen molar-refractivity contribution in [3.05, 3.63) is 34.7 Å². The molecule has 2 rings (SSSR count). The second kappa shape index (κ2) is 7.23. The highest BCUT2D eigenvalue weighted by molar-refractivity contribution is 7.89. The largest absolute Gasteiger partial charge is 0.493 e. The lowest BCUT2D eigenvalue weighted by molar-refractivity contribution is 0.354. The highest BCUT2D eigenvalue weighted by Gasteiger charge is 2.23. The highest BCUT2D eigenvalue weighted by Crippen LogP contribution is 2.30. The van der Waals surface area contributed by atoms with Gasteiger partial charge in [0.2, 0.25) is 10.0 Å². The molecule has 0 fully saturated rings. The van der Waals surface area contributed by atoms with E-state index < -0.39 is 10.0 Å². The van der Waals surface area contributed by atoms with Gasteiger partial charge in [0.15, 0.2) is 17.3 Å². The van der Waals surface area contributed by atoms with Crippen LogP contribution in [0.2, 0.25) is 0 Å². The van der Waals surface area contributed by atoms with Gasteiger partial charge >= 0.3 is 0 Å². The second-order valence-electron chi connectivity index (χ2n) is 5.43. The summed E-state index contributed by atoms with van der Waals surface area (Å²) in [5, 5.41) is 3.68. The lowest BCUT2D eigenvalue weighted by Gasteiger charge is -2.13. The summed E-state index contributed by atoms with van der Waals surface area (Å²) >= 11 is 0. The Morgan fingerprint density at radius 2 is 1.75 bits per heavy atom. The van der Waals surface area contributed by atoms with Crippen LogP contribution in [-0.4, -0.2) is 34.3 Å². The second-order valence-corrected chi connectivity index (χ2v) is 7.14. The molecule has 0 radical (unpaired) electrons. The number of hydrogen-bond donors (Lipinski definition) is 1. The van der Waals surface area contributed by atoms with Gasteiger partial charge in [-0.1, -0.05) is 5.16 Å². The Labute approximate surface area is 142 Å². The molecule has 132 valence electrons. The molecule has 1 aromatic carbocycles. The standard InChI is InChI=1S/C16H22N2O5S/c1-10-8-14(21-4)15(22-5)9-13(10)6-7-17-24(19,20)16-11(2)18-23-12(16)3/h8-9,17H,6-7H2,1-5H3. The van der Waals surface area contributed by atoms with Crippen molar-refractivity contribution in [2.24, 2.45) is 0 Å². The molecule has 0 aliphatic heterocycles. The predicted molar refractivity (Wildman–Crippen MR) is 89.2 cm³/mol. The van der Waals surface area contributed by atoms with Gasteiger partial charge in [-0.05, 0) is 50.5 Å². The monoisotopic (exact) mass is 354 g/mol. The van der Waals surface area contributed by atoms with E-state index in [0.717, 1.165) is 11.1 Å². The van der Waals surface area contributed by atoms with Crippen LogP contribution in [0.5, 0.6) is 11.5 Å². The molecule has 8 heteroatoms. The van der Waals surface area contributed by atoms with E-state index in [1.54, 1.807) is 28.1 Å². The average molecular weight is 354 g/mol. The third-order valence-corrected chi connectivity index (χ3v) is 5.47. The molecule has 0 saturated carbocycles. The van der Waals surface area contributed by atoms with Crippen LogP contribution in [0.25, 0.3) is 0 Å². The Bertz CT molecular complexity index is 808. The maximum atomic E-state index is 12.4. The molecule has 0 unspecified atom stereocenters. The van der Waals surface area contributed by atoms with E-state index in [0.29, 0.717) is 23.6 Å². The van der Waals surface area contributed by atoms with Gasteiger partial charge in [0.1, 0.15) is 10.6 Å². The van der Waals surface area contributed by atoms with Crippen molar-refractivity contribution in [1.29, 1.82) is 0 Å². The normalized spacial score (nSPS) is 11.5. The van der Waals surface area contributed by atoms with Crippen molar-refractivity contribution < 1.29 is 22.4 Å². The minimum absolute atomic E-state index is 0.103. The van der Waals surface area contributed by atoms with Crippen LogP contribution >= 0.6 is 0 Å². The maximum absolute atomic E-state index is 12.4. The summed E-state index contributed by atoms with van der Waals surface area (Å²) in [6, 6.07) is 3.73. The molecule has 7 nitrogen and oxygen atoms in total. The fourth-order valence-corrected chi connectivity index (χ4v) is 3.90. The lowest BCUT2D eigenvalue weighted by atomic mass is 10.0. The number of aryl methyl sites for hydroxylation is 3. The summed E-state index contributed by atoms with van der Waals surface area (Å²) in [5.74, 6) is 1.55. The Balaban J connectivity index is 2.12. The van der Waals surface area contributed by atoms with Gasteiger partial charge in [-0.25, -0.2) is 13.1 Å². The Morgan fingerprint density at radius 3 is 2.29 bits per heavy atom. The highest BCUT2D eigenvalue weighted by atomic mass is 32.2. The predicted octanol–water partition coefficient (Wildman–Crippen LogP) is 2.14. The third-order valence-electron chi connectivity index (χ3n) is 3.77. The molecule has 24 heavy (non-hydrogen) atoms. The van der Waals surface area contributed by atoms with E-state index >= 15 is 0 Å². The molecule has 2 aromatic rings. The fraction of sp³-hybridized carbons (Fsp3) is 0.438. The van der Waals surface area contributed by atoms with Crippen LogP contribution in [0.3, 0.4) is 0 Å². The van der Waals surface area contributed by atoms with Crippen LogP contribution in [0.4, 0.5) is 0 Å². The topological polar surface area (TPSA) is 90.7 Å². The zero-order valence-corrected chi connectivity index (χ0v) is 15.3. The molecule has 1 aromatic heterocycles. The summed E-state index contributed by atoms with van der Waals surface area (Å²) in [6.07, 6.45) is 0.523. The first kappa shape index (κ1) is 18.3. The zero-order valence-electron chi connectivity index (χ0n) is 14.5. The number of methoxy groups -OCH3 is 2. The lowest BCUT2D eigenvalue weighted by Crippen LogP contribution is -2.27. The number of benzene rings is 1. The van der Waals surface area contributed by atoms with Crippen molar-refractivity contribution in [3.63, 3.8) is 0 Å². The zero-order chi connectivity index (χ0) is 17.9. The number of rotatable bonds is 7. The van der Waals surface area contributed by atoms with Crippen LogP contribution < -0.4 is 14.2 Å². The molecule has 0 aliphatic rings. The van der Waals surface area contributed by atoms with Crippen molar-refractivity contribution in [2.75, 3.05) is 20.8 Å². The fourth-order valence-electron chi connectivity index (χ4n) is 2.54. The first-order chi connectivity index (χ1) is 11.3. The van der Waals surface area contributed by atoms with E-state index in [2.05, 4.69) is 9.88 Å². The van der Waals surface area contributed by atoms with Gasteiger partial charge in [-0.2, -0.15) is 0 Å². The molecule has 0 saturated heterocycles. The van der Waals surface area contributed by atoms with E-state index in [1.807, 2.05) is 19.1 Å². The van der Waals surface area contributed by atoms with Crippen molar-refractivity contribution in [2.45, 2.75) is 32.1 Å². The van der Waals surface area contributed by atoms with Crippen molar-refractivity contribution in [1.82, 2.24) is 9.88 Å². The first-order valence-electron chi connectivity index (χ1n) is 7.44. The summed E-state index contributed by atoms with van der Waals surface area (Å²) < 4.78 is 42.8. The van der Waals surface area contributed by atoms with E-state index in [-0.39, 0.29) is 17.2 Å². The van der Waals surface area contributed by atoms with Crippen LogP contribution in [0, 0.1) is 20.8 Å². The molecule has 0 bridgehead atoms. The van der Waals surface area contributed by atoms with Gasteiger partial charge in [0.05, 0.1) is 14.2 Å².